The summed E-state index contributed by atoms with van der Waals surface area (Å²) in [7, 11) is 0. The second kappa shape index (κ2) is 45.3. The Morgan fingerprint density at radius 1 is 0.399 bits per heavy atom. The van der Waals surface area contributed by atoms with Gasteiger partial charge in [0, 0.05) is 12.4 Å². The Bertz CT molecular complexity index is 7570. The van der Waals surface area contributed by atoms with Crippen LogP contribution in [0, 0.1) is 128 Å². The number of aliphatic hydroxyl groups excluding tert-OH is 10. The predicted octanol–water partition coefficient (Wildman–Crippen LogP) is -3.36. The van der Waals surface area contributed by atoms with Crippen LogP contribution in [0.2, 0.25) is 0 Å². The first-order chi connectivity index (χ1) is 71.3. The fraction of sp³-hybridized carbons (Fsp3) is 0.511. The van der Waals surface area contributed by atoms with E-state index in [0.29, 0.717) is 45.6 Å². The van der Waals surface area contributed by atoms with Gasteiger partial charge in [0.25, 0.3) is 16.7 Å². The molecule has 0 amide bonds. The molecular formula is C90H99F7N22O27S2. The van der Waals surface area contributed by atoms with E-state index >= 15 is 0 Å². The van der Waals surface area contributed by atoms with E-state index in [-0.39, 0.29) is 70.9 Å². The first kappa shape index (κ1) is 106. The molecule has 28 atom stereocenters. The van der Waals surface area contributed by atoms with Crippen molar-refractivity contribution in [1.82, 2.24) is 107 Å². The van der Waals surface area contributed by atoms with Crippen molar-refractivity contribution in [3.8, 4) is 71.0 Å². The van der Waals surface area contributed by atoms with Crippen LogP contribution in [0.25, 0.3) is 66.7 Å². The van der Waals surface area contributed by atoms with E-state index in [1.807, 2.05) is 17.8 Å². The molecule has 18 heterocycles. The van der Waals surface area contributed by atoms with E-state index < -0.39 is 239 Å². The highest BCUT2D eigenvalue weighted by Gasteiger charge is 2.63. The highest BCUT2D eigenvalue weighted by Crippen LogP contribution is 2.48. The summed E-state index contributed by atoms with van der Waals surface area (Å²) in [4.78, 5) is 94.2. The van der Waals surface area contributed by atoms with E-state index in [9.17, 15) is 137 Å². The van der Waals surface area contributed by atoms with E-state index in [0.717, 1.165) is 21.7 Å². The number of halogens is 7. The molecule has 6 aliphatic heterocycles. The van der Waals surface area contributed by atoms with Crippen molar-refractivity contribution >= 4 is 91.2 Å². The normalized spacial score (nSPS) is 30.6. The number of aliphatic hydroxyl groups is 18. The zero-order valence-corrected chi connectivity index (χ0v) is 80.5. The van der Waals surface area contributed by atoms with Gasteiger partial charge in [0.05, 0.1) is 79.9 Å². The number of fused-ring (bicyclic) bond motifs is 6. The molecule has 0 bridgehead atoms. The standard InChI is InChI=1S/C16H17F2N3O5.C16H18FN3O5.C15H17FN4O4S.C15H17FN4O4.C14H15FN4O5.C14H15FN4O4S/c1-7(22)11-12(23)16(25,4-3-5-17)15(26-11)21-6-9(18)10-13(21)19-8(2)20-14(10)24;1-8(21)11-12(22)16(24,5-3-6-17)15(25-11)20-7-4-10-13(20)18-9(2)19-14(10)23;1-7(21)10-11(22)15(23,4-3-5-16)14(24-10)20-6-17-9-12(20)18-8(2)19-13(9)25;1-8(21)11-12(22)15(23,4-3-5-16)14(24-11)20-7-18-10-6-17-9(2)19-13(10)20;1-7-17-11-9(12(22)18-7)16-6-19(11)13-14(23,3-2-4-15)10(21)8(5-20)24-13;1-7-17-11-9(12(24)18-7)16-6-19(11)13-14(22,3-2-4-15)10(21)8(5-20)23-13/h6-7,11-12,15,22-23,25H,5H2,1-2H3,(H,19,20,24);4,7-8,11-12,15,21-22,24H,6H2,1-2H3,(H,18,19,23);6-7,10-11,14,21-23H,5H2,1-2H3,(H,18,19,25);6-8,11-12,14,21-23H,5H2,1-2H3;6,8,10,13,20-21,23H,4-5H2,1H3,(H,17,18,22);6,8,10,13,20-22H,4-5H2,1H3,(H,17,18,24)/t7-,11-,12+,15-,16?;8-,11-,12+,15-,16?;7-,10-,11+,14-,15?;8-,11-,12+,14-,15?;2*8-,10+,13-,14?/m111111/s1/i;;;;2*5D2. The number of ether oxygens (including phenoxy) is 6. The molecular weight excluding hydrogens is 2020 g/mol. The van der Waals surface area contributed by atoms with Crippen LogP contribution in [0.1, 0.15) is 105 Å². The van der Waals surface area contributed by atoms with Gasteiger partial charge in [0.1, 0.15) is 187 Å². The summed E-state index contributed by atoms with van der Waals surface area (Å²) in [5, 5.41) is 186. The molecule has 0 saturated carbocycles. The van der Waals surface area contributed by atoms with E-state index in [1.165, 1.54) is 97.3 Å². The van der Waals surface area contributed by atoms with Gasteiger partial charge >= 0.3 is 0 Å². The maximum absolute atomic E-state index is 14.3. The van der Waals surface area contributed by atoms with Crippen molar-refractivity contribution in [3.63, 3.8) is 0 Å². The average Bonchev–Trinajstić information content (AvgIpc) is 1.55. The van der Waals surface area contributed by atoms with Gasteiger partial charge in [-0.2, -0.15) is 0 Å². The molecule has 6 aliphatic rings. The Hall–Kier alpha value is -12.8. The van der Waals surface area contributed by atoms with Gasteiger partial charge in [0.2, 0.25) is 0 Å². The molecule has 6 saturated heterocycles. The largest absolute Gasteiger partial charge is 0.394 e. The topological polar surface area (TPSA) is 721 Å². The lowest BCUT2D eigenvalue weighted by Crippen LogP contribution is -2.47. The Kier molecular flexibility index (Phi) is 32.6. The van der Waals surface area contributed by atoms with Gasteiger partial charge < -0.3 is 150 Å². The molecule has 0 aromatic carbocycles. The fourth-order valence-corrected chi connectivity index (χ4v) is 17.6. The number of nitrogens with one attached hydrogen (secondary N) is 5. The monoisotopic (exact) mass is 2120 g/mol. The van der Waals surface area contributed by atoms with Crippen molar-refractivity contribution in [1.29, 1.82) is 0 Å². The minimum Gasteiger partial charge on any atom is -0.394 e. The Labute approximate surface area is 844 Å². The van der Waals surface area contributed by atoms with Gasteiger partial charge in [-0.1, -0.05) is 95.5 Å². The Morgan fingerprint density at radius 2 is 0.716 bits per heavy atom. The van der Waals surface area contributed by atoms with Crippen molar-refractivity contribution in [2.75, 3.05) is 53.2 Å². The molecule has 0 aliphatic carbocycles. The van der Waals surface area contributed by atoms with E-state index in [2.05, 4.69) is 133 Å². The van der Waals surface area contributed by atoms with Crippen molar-refractivity contribution in [2.24, 2.45) is 0 Å². The summed E-state index contributed by atoms with van der Waals surface area (Å²) in [6.07, 6.45) is -22.8. The van der Waals surface area contributed by atoms with Crippen LogP contribution in [0.5, 0.6) is 0 Å². The highest BCUT2D eigenvalue weighted by molar-refractivity contribution is 7.71. The smallest absolute Gasteiger partial charge is 0.279 e. The minimum atomic E-state index is -3.03. The molecule has 23 N–H and O–H groups in total. The summed E-state index contributed by atoms with van der Waals surface area (Å²) >= 11 is 10.3. The number of hydrogen-bond donors (Lipinski definition) is 23. The number of nitrogens with zero attached hydrogens (tertiary/aromatic N) is 17. The molecule has 6 unspecified atom stereocenters. The molecule has 792 valence electrons. The molecule has 12 aromatic rings. The molecule has 12 aromatic heterocycles. The molecule has 6 fully saturated rings. The third-order valence-corrected chi connectivity index (χ3v) is 24.4. The minimum absolute atomic E-state index is 0.0249. The van der Waals surface area contributed by atoms with Gasteiger partial charge in [-0.05, 0) is 75.3 Å². The van der Waals surface area contributed by atoms with E-state index in [4.69, 9.17) is 58.3 Å². The lowest BCUT2D eigenvalue weighted by Gasteiger charge is -2.26. The summed E-state index contributed by atoms with van der Waals surface area (Å²) in [6, 6.07) is 1.48. The average molecular weight is 2120 g/mol. The lowest BCUT2D eigenvalue weighted by molar-refractivity contribution is -0.0847. The maximum atomic E-state index is 14.3. The summed E-state index contributed by atoms with van der Waals surface area (Å²) in [6.45, 7) is 2.77. The van der Waals surface area contributed by atoms with Gasteiger partial charge in [0.15, 0.2) is 109 Å². The third-order valence-electron chi connectivity index (χ3n) is 23.9. The zero-order valence-electron chi connectivity index (χ0n) is 82.9. The molecule has 58 heteroatoms. The van der Waals surface area contributed by atoms with Gasteiger partial charge in [-0.3, -0.25) is 37.2 Å². The van der Waals surface area contributed by atoms with Crippen LogP contribution in [-0.4, -0.2) is 383 Å². The number of aromatic nitrogens is 22. The number of imidazole rings is 4. The van der Waals surface area contributed by atoms with Crippen LogP contribution in [0.15, 0.2) is 64.3 Å². The van der Waals surface area contributed by atoms with Crippen molar-refractivity contribution < 1.29 is 157 Å². The first-order valence-corrected chi connectivity index (χ1v) is 44.9. The number of rotatable bonds is 12. The molecule has 148 heavy (non-hydrogen) atoms. The fourth-order valence-electron chi connectivity index (χ4n) is 17.0. The van der Waals surface area contributed by atoms with Crippen LogP contribution in [0.3, 0.4) is 0 Å². The first-order valence-electron chi connectivity index (χ1n) is 46.0. The van der Waals surface area contributed by atoms with Crippen LogP contribution in [0.4, 0.5) is 30.7 Å². The zero-order chi connectivity index (χ0) is 112. The quantitative estimate of drug-likeness (QED) is 0.0323. The summed E-state index contributed by atoms with van der Waals surface area (Å²) in [5.41, 5.74) is -13.3. The maximum Gasteiger partial charge on any atom is 0.279 e. The van der Waals surface area contributed by atoms with Crippen LogP contribution in [-0.2, 0) is 28.4 Å². The second-order valence-electron chi connectivity index (χ2n) is 34.1. The number of alkyl halides is 6. The predicted molar refractivity (Wildman–Crippen MR) is 501 cm³/mol. The lowest BCUT2D eigenvalue weighted by atomic mass is 9.92. The van der Waals surface area contributed by atoms with Gasteiger partial charge in [-0.25, -0.2) is 85.6 Å². The number of aryl methyl sites for hydroxylation is 6. The highest BCUT2D eigenvalue weighted by atomic mass is 32.1. The Morgan fingerprint density at radius 3 is 1.11 bits per heavy atom. The van der Waals surface area contributed by atoms with Crippen molar-refractivity contribution in [2.45, 2.75) is 238 Å². The Balaban J connectivity index is 0.000000152. The second-order valence-corrected chi connectivity index (χ2v) is 34.9. The van der Waals surface area contributed by atoms with Crippen LogP contribution >= 0.6 is 24.4 Å². The van der Waals surface area contributed by atoms with E-state index in [1.54, 1.807) is 27.7 Å². The van der Waals surface area contributed by atoms with Gasteiger partial charge in [-0.15, -0.1) is 0 Å². The summed E-state index contributed by atoms with van der Waals surface area (Å²) in [5.74, 6) is 27.0. The number of aromatic amines is 5. The SMILES string of the molecule is Cc1nc(=S)c2ncn([C@@H]3O[C@H]([C@@H](C)O)[C@H](O)C3(O)C#CCF)c2[nH]1.Cc1nc2c(c(F)cn2[C@@H]2O[C@H]([C@@H](C)O)[C@H](O)C2(O)C#CCF)c(=O)[nH]1.Cc1nc2c(ccn2[C@@H]2O[C@H]([C@@H](C)O)[C@H](O)C2(O)C#CCF)c(=O)[nH]1.Cc1ncc2ncn([C@@H]3O[C@H]([C@@H](C)O)[C@H](O)C3(O)C#CCF)c2n1.[2H]C([2H])(O)[C@H]1O[C@@H](n2cnc3c(=O)[nH]c(C)nc32)C(O)(C#CCF)[C@H]1O.[2H]C([2H])(O)[C@H]1O[C@@H](n2cnc3c(=S)nc(C)[nH]c32)C(O)(C#CCF)[C@H]1O. The summed E-state index contributed by atoms with van der Waals surface area (Å²) < 4.78 is 160. The molecule has 18 rings (SSSR count). The van der Waals surface area contributed by atoms with Crippen molar-refractivity contribution in [3.05, 3.63) is 131 Å². The number of hydrogen-bond acceptors (Lipinski definition) is 40. The molecule has 0 spiro atoms. The molecule has 0 radical (unpaired) electrons. The molecule has 49 nitrogen and oxygen atoms in total. The van der Waals surface area contributed by atoms with Crippen LogP contribution < -0.4 is 16.7 Å². The third kappa shape index (κ3) is 21.2. The number of H-pyrrole nitrogens is 5.